The van der Waals surface area contributed by atoms with Crippen molar-refractivity contribution in [3.63, 3.8) is 0 Å². The first-order valence-electron chi connectivity index (χ1n) is 8.41. The molecule has 4 aliphatic rings. The number of rotatable bonds is 3. The third kappa shape index (κ3) is 2.36. The molecule has 4 bridgehead atoms. The normalized spacial score (nSPS) is 36.6. The van der Waals surface area contributed by atoms with Gasteiger partial charge in [0.1, 0.15) is 0 Å². The molecule has 5 heteroatoms. The average molecular weight is 300 g/mol. The second-order valence-electron chi connectivity index (χ2n) is 7.74. The molecule has 1 heterocycles. The number of nitrogens with zero attached hydrogens (tertiary/aromatic N) is 2. The standard InChI is InChI=1S/C17H24N4O/c1-10-3-15(22)19-16(18-10)21-20-11(2)17-7-12-4-13(8-17)6-14(5-12)9-17/h3,12-14H,4-9H2,1-2H3,(H2,18,19,21,22)/b20-11+. The number of aryl methyl sites for hydroxylation is 1. The molecule has 118 valence electrons. The number of nitrogens with one attached hydrogen (secondary N) is 2. The van der Waals surface area contributed by atoms with Gasteiger partial charge >= 0.3 is 0 Å². The van der Waals surface area contributed by atoms with E-state index in [2.05, 4.69) is 27.4 Å². The van der Waals surface area contributed by atoms with Crippen molar-refractivity contribution < 1.29 is 0 Å². The highest BCUT2D eigenvalue weighted by atomic mass is 16.1. The maximum absolute atomic E-state index is 11.5. The summed E-state index contributed by atoms with van der Waals surface area (Å²) in [6.07, 6.45) is 8.21. The molecule has 1 aromatic heterocycles. The van der Waals surface area contributed by atoms with Gasteiger partial charge in [-0.1, -0.05) is 0 Å². The Kier molecular flexibility index (Phi) is 3.13. The molecule has 0 atom stereocenters. The van der Waals surface area contributed by atoms with E-state index in [1.165, 1.54) is 50.3 Å². The lowest BCUT2D eigenvalue weighted by Crippen LogP contribution is -2.49. The lowest BCUT2D eigenvalue weighted by molar-refractivity contribution is -0.0126. The molecule has 0 aromatic carbocycles. The summed E-state index contributed by atoms with van der Waals surface area (Å²) < 4.78 is 0. The first kappa shape index (κ1) is 14.0. The monoisotopic (exact) mass is 300 g/mol. The lowest BCUT2D eigenvalue weighted by atomic mass is 9.48. The summed E-state index contributed by atoms with van der Waals surface area (Å²) in [5, 5.41) is 4.60. The van der Waals surface area contributed by atoms with Crippen LogP contribution in [0.5, 0.6) is 0 Å². The van der Waals surface area contributed by atoms with E-state index in [-0.39, 0.29) is 5.56 Å². The zero-order valence-corrected chi connectivity index (χ0v) is 13.4. The number of H-pyrrole nitrogens is 1. The molecule has 4 saturated carbocycles. The van der Waals surface area contributed by atoms with Crippen LogP contribution in [-0.2, 0) is 0 Å². The molecule has 4 aliphatic carbocycles. The van der Waals surface area contributed by atoms with E-state index in [1.54, 1.807) is 0 Å². The third-order valence-electron chi connectivity index (χ3n) is 6.00. The van der Waals surface area contributed by atoms with E-state index < -0.39 is 0 Å². The van der Waals surface area contributed by atoms with Crippen LogP contribution in [0.1, 0.15) is 51.1 Å². The molecule has 5 nitrogen and oxygen atoms in total. The summed E-state index contributed by atoms with van der Waals surface area (Å²) in [6.45, 7) is 3.96. The number of anilines is 1. The van der Waals surface area contributed by atoms with Gasteiger partial charge in [-0.3, -0.25) is 9.78 Å². The van der Waals surface area contributed by atoms with Crippen molar-refractivity contribution in [3.8, 4) is 0 Å². The average Bonchev–Trinajstić information content (AvgIpc) is 2.42. The minimum atomic E-state index is -0.141. The van der Waals surface area contributed by atoms with Crippen molar-refractivity contribution >= 4 is 11.7 Å². The largest absolute Gasteiger partial charge is 0.291 e. The molecule has 0 unspecified atom stereocenters. The van der Waals surface area contributed by atoms with Crippen LogP contribution in [0.15, 0.2) is 16.0 Å². The van der Waals surface area contributed by atoms with Gasteiger partial charge in [0.05, 0.1) is 0 Å². The molecule has 4 fully saturated rings. The van der Waals surface area contributed by atoms with Crippen molar-refractivity contribution in [2.45, 2.75) is 52.4 Å². The summed E-state index contributed by atoms with van der Waals surface area (Å²) in [5.41, 5.74) is 5.02. The Morgan fingerprint density at radius 2 is 1.86 bits per heavy atom. The van der Waals surface area contributed by atoms with Gasteiger partial charge in [0, 0.05) is 22.9 Å². The van der Waals surface area contributed by atoms with E-state index in [0.717, 1.165) is 17.8 Å². The fraction of sp³-hybridized carbons (Fsp3) is 0.706. The van der Waals surface area contributed by atoms with Crippen molar-refractivity contribution in [2.75, 3.05) is 5.43 Å². The van der Waals surface area contributed by atoms with Crippen LogP contribution in [0, 0.1) is 30.1 Å². The van der Waals surface area contributed by atoms with Gasteiger partial charge in [-0.05, 0) is 70.1 Å². The number of hydrogen-bond donors (Lipinski definition) is 2. The Labute approximate surface area is 130 Å². The summed E-state index contributed by atoms with van der Waals surface area (Å²) in [7, 11) is 0. The molecule has 22 heavy (non-hydrogen) atoms. The van der Waals surface area contributed by atoms with Gasteiger partial charge < -0.3 is 0 Å². The molecule has 5 rings (SSSR count). The molecular weight excluding hydrogens is 276 g/mol. The first-order valence-corrected chi connectivity index (χ1v) is 8.41. The highest BCUT2D eigenvalue weighted by Gasteiger charge is 2.52. The highest BCUT2D eigenvalue weighted by molar-refractivity contribution is 5.89. The zero-order valence-electron chi connectivity index (χ0n) is 13.4. The van der Waals surface area contributed by atoms with Gasteiger partial charge in [0.2, 0.25) is 5.95 Å². The Morgan fingerprint density at radius 3 is 2.41 bits per heavy atom. The number of hydrazone groups is 1. The van der Waals surface area contributed by atoms with Gasteiger partial charge in [0.25, 0.3) is 5.56 Å². The van der Waals surface area contributed by atoms with Gasteiger partial charge in [0.15, 0.2) is 0 Å². The van der Waals surface area contributed by atoms with E-state index in [1.807, 2.05) is 6.92 Å². The minimum absolute atomic E-state index is 0.141. The summed E-state index contributed by atoms with van der Waals surface area (Å²) in [6, 6.07) is 1.49. The molecule has 0 amide bonds. The topological polar surface area (TPSA) is 70.1 Å². The maximum atomic E-state index is 11.5. The van der Waals surface area contributed by atoms with Crippen LogP contribution in [0.2, 0.25) is 0 Å². The maximum Gasteiger partial charge on any atom is 0.252 e. The van der Waals surface area contributed by atoms with Crippen LogP contribution in [0.4, 0.5) is 5.95 Å². The number of hydrogen-bond acceptors (Lipinski definition) is 4. The molecule has 1 aromatic rings. The number of aromatic amines is 1. The van der Waals surface area contributed by atoms with Crippen LogP contribution in [0.25, 0.3) is 0 Å². The fourth-order valence-electron chi connectivity index (χ4n) is 5.44. The van der Waals surface area contributed by atoms with E-state index in [4.69, 9.17) is 0 Å². The summed E-state index contributed by atoms with van der Waals surface area (Å²) >= 11 is 0. The van der Waals surface area contributed by atoms with E-state index in [0.29, 0.717) is 17.1 Å². The predicted octanol–water partition coefficient (Wildman–Crippen LogP) is 3.08. The molecule has 0 spiro atoms. The van der Waals surface area contributed by atoms with Crippen molar-refractivity contribution in [3.05, 3.63) is 22.1 Å². The zero-order chi connectivity index (χ0) is 15.3. The number of aromatic nitrogens is 2. The Balaban J connectivity index is 1.56. The molecule has 0 aliphatic heterocycles. The Hall–Kier alpha value is -1.65. The molecular formula is C17H24N4O. The second kappa shape index (κ2) is 4.93. The highest BCUT2D eigenvalue weighted by Crippen LogP contribution is 2.60. The predicted molar refractivity (Wildman–Crippen MR) is 86.9 cm³/mol. The van der Waals surface area contributed by atoms with Crippen LogP contribution >= 0.6 is 0 Å². The third-order valence-corrected chi connectivity index (χ3v) is 6.00. The van der Waals surface area contributed by atoms with Crippen molar-refractivity contribution in [1.29, 1.82) is 0 Å². The van der Waals surface area contributed by atoms with Gasteiger partial charge in [-0.15, -0.1) is 0 Å². The Morgan fingerprint density at radius 1 is 1.27 bits per heavy atom. The van der Waals surface area contributed by atoms with Crippen LogP contribution in [-0.4, -0.2) is 15.7 Å². The minimum Gasteiger partial charge on any atom is -0.291 e. The van der Waals surface area contributed by atoms with Gasteiger partial charge in [-0.2, -0.15) is 5.10 Å². The smallest absolute Gasteiger partial charge is 0.252 e. The summed E-state index contributed by atoms with van der Waals surface area (Å²) in [4.78, 5) is 18.5. The fourth-order valence-corrected chi connectivity index (χ4v) is 5.44. The molecule has 0 saturated heterocycles. The first-order chi connectivity index (χ1) is 10.5. The van der Waals surface area contributed by atoms with E-state index >= 15 is 0 Å². The SMILES string of the molecule is C/C(=N\Nc1nc(C)cc(=O)[nH]1)C12CC3CC(CC(C3)C1)C2. The summed E-state index contributed by atoms with van der Waals surface area (Å²) in [5.74, 6) is 3.17. The van der Waals surface area contributed by atoms with Gasteiger partial charge in [-0.25, -0.2) is 10.4 Å². The van der Waals surface area contributed by atoms with Crippen molar-refractivity contribution in [2.24, 2.45) is 28.3 Å². The van der Waals surface area contributed by atoms with E-state index in [9.17, 15) is 4.79 Å². The molecule has 2 N–H and O–H groups in total. The Bertz CT molecular complexity index is 640. The molecule has 0 radical (unpaired) electrons. The van der Waals surface area contributed by atoms with Crippen LogP contribution in [0.3, 0.4) is 0 Å². The lowest BCUT2D eigenvalue weighted by Gasteiger charge is -2.56. The van der Waals surface area contributed by atoms with Crippen molar-refractivity contribution in [1.82, 2.24) is 9.97 Å². The second-order valence-corrected chi connectivity index (χ2v) is 7.74. The van der Waals surface area contributed by atoms with Crippen LogP contribution < -0.4 is 11.0 Å². The quantitative estimate of drug-likeness (QED) is 0.665.